The molecule has 3 aliphatic rings. The molecule has 0 N–H and O–H groups in total. The fourth-order valence-corrected chi connectivity index (χ4v) is 4.76. The summed E-state index contributed by atoms with van der Waals surface area (Å²) in [6.07, 6.45) is 3.86. The second-order valence-electron chi connectivity index (χ2n) is 8.32. The minimum Gasteiger partial charge on any atom is -0.379 e. The van der Waals surface area contributed by atoms with E-state index >= 15 is 0 Å². The molecular formula is C22H30ClN3O3. The molecule has 29 heavy (non-hydrogen) atoms. The first-order valence-corrected chi connectivity index (χ1v) is 11.2. The monoisotopic (exact) mass is 419 g/mol. The summed E-state index contributed by atoms with van der Waals surface area (Å²) in [5.41, 5.74) is 0.816. The van der Waals surface area contributed by atoms with Crippen LogP contribution in [0.15, 0.2) is 24.3 Å². The molecule has 0 aliphatic carbocycles. The van der Waals surface area contributed by atoms with Crippen LogP contribution in [0.1, 0.15) is 25.7 Å². The van der Waals surface area contributed by atoms with Gasteiger partial charge in [-0.2, -0.15) is 0 Å². The third-order valence-corrected chi connectivity index (χ3v) is 6.78. The Morgan fingerprint density at radius 2 is 1.69 bits per heavy atom. The van der Waals surface area contributed by atoms with Crippen molar-refractivity contribution in [3.05, 3.63) is 29.3 Å². The van der Waals surface area contributed by atoms with Crippen molar-refractivity contribution in [2.75, 3.05) is 57.4 Å². The Labute approximate surface area is 177 Å². The molecule has 0 aromatic heterocycles. The number of benzene rings is 1. The molecule has 6 nitrogen and oxygen atoms in total. The fourth-order valence-electron chi connectivity index (χ4n) is 4.64. The summed E-state index contributed by atoms with van der Waals surface area (Å²) in [7, 11) is 0. The predicted molar refractivity (Wildman–Crippen MR) is 113 cm³/mol. The first-order valence-electron chi connectivity index (χ1n) is 10.8. The zero-order chi connectivity index (χ0) is 20.2. The van der Waals surface area contributed by atoms with Gasteiger partial charge < -0.3 is 14.5 Å². The number of hydrogen-bond donors (Lipinski definition) is 0. The molecule has 7 heteroatoms. The third kappa shape index (κ3) is 4.93. The molecule has 2 amide bonds. The second kappa shape index (κ2) is 9.45. The van der Waals surface area contributed by atoms with E-state index in [-0.39, 0.29) is 11.8 Å². The van der Waals surface area contributed by atoms with Gasteiger partial charge in [0, 0.05) is 43.4 Å². The lowest BCUT2D eigenvalue weighted by atomic mass is 9.92. The number of halogens is 1. The van der Waals surface area contributed by atoms with Crippen molar-refractivity contribution in [3.63, 3.8) is 0 Å². The summed E-state index contributed by atoms with van der Waals surface area (Å²) in [5, 5.41) is 0.643. The second-order valence-corrected chi connectivity index (χ2v) is 8.76. The quantitative estimate of drug-likeness (QED) is 0.688. The highest BCUT2D eigenvalue weighted by Crippen LogP contribution is 2.29. The standard InChI is InChI=1S/C22H30ClN3O3/c23-18-1-3-19(4-2-18)26-12-8-20(22(26)28)21(27)25-10-6-17(7-11-25)5-9-24-13-15-29-16-14-24/h1-4,17,20H,5-16H2. The number of morpholine rings is 1. The molecule has 4 rings (SSSR count). The average molecular weight is 420 g/mol. The molecule has 1 aromatic rings. The molecule has 3 heterocycles. The summed E-state index contributed by atoms with van der Waals surface area (Å²) < 4.78 is 5.41. The highest BCUT2D eigenvalue weighted by atomic mass is 35.5. The molecule has 3 aliphatic heterocycles. The van der Waals surface area contributed by atoms with E-state index in [9.17, 15) is 9.59 Å². The van der Waals surface area contributed by atoms with Gasteiger partial charge in [0.25, 0.3) is 0 Å². The lowest BCUT2D eigenvalue weighted by molar-refractivity contribution is -0.141. The molecule has 0 radical (unpaired) electrons. The number of rotatable bonds is 5. The summed E-state index contributed by atoms with van der Waals surface area (Å²) >= 11 is 5.94. The SMILES string of the molecule is O=C(C1CCN(c2ccc(Cl)cc2)C1=O)N1CCC(CCN2CCOCC2)CC1. The van der Waals surface area contributed by atoms with Crippen LogP contribution in [-0.4, -0.2) is 74.1 Å². The summed E-state index contributed by atoms with van der Waals surface area (Å²) in [4.78, 5) is 31.9. The van der Waals surface area contributed by atoms with Crippen LogP contribution in [0, 0.1) is 11.8 Å². The smallest absolute Gasteiger partial charge is 0.239 e. The van der Waals surface area contributed by atoms with Crippen molar-refractivity contribution in [2.45, 2.75) is 25.7 Å². The van der Waals surface area contributed by atoms with Gasteiger partial charge in [-0.15, -0.1) is 0 Å². The number of piperidine rings is 1. The molecule has 0 spiro atoms. The maximum Gasteiger partial charge on any atom is 0.239 e. The third-order valence-electron chi connectivity index (χ3n) is 6.53. The van der Waals surface area contributed by atoms with Crippen molar-refractivity contribution in [2.24, 2.45) is 11.8 Å². The number of likely N-dealkylation sites (tertiary alicyclic amines) is 1. The summed E-state index contributed by atoms with van der Waals surface area (Å²) in [6.45, 7) is 7.02. The fraction of sp³-hybridized carbons (Fsp3) is 0.636. The van der Waals surface area contributed by atoms with Crippen molar-refractivity contribution in [1.29, 1.82) is 0 Å². The lowest BCUT2D eigenvalue weighted by Crippen LogP contribution is -2.44. The molecule has 158 valence electrons. The normalized spacial score (nSPS) is 24.3. The molecule has 3 fully saturated rings. The van der Waals surface area contributed by atoms with E-state index in [2.05, 4.69) is 4.90 Å². The van der Waals surface area contributed by atoms with E-state index in [1.807, 2.05) is 17.0 Å². The number of hydrogen-bond acceptors (Lipinski definition) is 4. The predicted octanol–water partition coefficient (Wildman–Crippen LogP) is 2.65. The molecular weight excluding hydrogens is 390 g/mol. The van der Waals surface area contributed by atoms with Crippen LogP contribution in [-0.2, 0) is 14.3 Å². The number of carbonyl (C=O) groups is 2. The van der Waals surface area contributed by atoms with Crippen LogP contribution in [0.3, 0.4) is 0 Å². The van der Waals surface area contributed by atoms with Gasteiger partial charge >= 0.3 is 0 Å². The van der Waals surface area contributed by atoms with Crippen LogP contribution in [0.25, 0.3) is 0 Å². The minimum atomic E-state index is -0.532. The molecule has 0 bridgehead atoms. The molecule has 1 unspecified atom stereocenters. The number of amides is 2. The van der Waals surface area contributed by atoms with Crippen molar-refractivity contribution < 1.29 is 14.3 Å². The number of anilines is 1. The van der Waals surface area contributed by atoms with E-state index in [1.54, 1.807) is 17.0 Å². The van der Waals surface area contributed by atoms with Crippen LogP contribution in [0.2, 0.25) is 5.02 Å². The Hall–Kier alpha value is -1.63. The van der Waals surface area contributed by atoms with Gasteiger partial charge in [-0.3, -0.25) is 14.5 Å². The lowest BCUT2D eigenvalue weighted by Gasteiger charge is -2.34. The average Bonchev–Trinajstić information content (AvgIpc) is 3.15. The van der Waals surface area contributed by atoms with Crippen molar-refractivity contribution in [3.8, 4) is 0 Å². The maximum absolute atomic E-state index is 13.0. The van der Waals surface area contributed by atoms with Gasteiger partial charge in [-0.1, -0.05) is 11.6 Å². The van der Waals surface area contributed by atoms with Crippen molar-refractivity contribution in [1.82, 2.24) is 9.80 Å². The summed E-state index contributed by atoms with van der Waals surface area (Å²) in [6, 6.07) is 7.24. The van der Waals surface area contributed by atoms with Gasteiger partial charge in [-0.05, 0) is 62.4 Å². The minimum absolute atomic E-state index is 0.0121. The molecule has 3 saturated heterocycles. The molecule has 1 aromatic carbocycles. The molecule has 0 saturated carbocycles. The highest BCUT2D eigenvalue weighted by molar-refractivity contribution is 6.30. The van der Waals surface area contributed by atoms with Gasteiger partial charge in [-0.25, -0.2) is 0 Å². The van der Waals surface area contributed by atoms with Crippen LogP contribution in [0.5, 0.6) is 0 Å². The van der Waals surface area contributed by atoms with Gasteiger partial charge in [0.1, 0.15) is 5.92 Å². The van der Waals surface area contributed by atoms with Crippen molar-refractivity contribution >= 4 is 29.1 Å². The first-order chi connectivity index (χ1) is 14.1. The Bertz CT molecular complexity index is 713. The summed E-state index contributed by atoms with van der Waals surface area (Å²) in [5.74, 6) is 0.0761. The van der Waals surface area contributed by atoms with Gasteiger partial charge in [0.15, 0.2) is 0 Å². The van der Waals surface area contributed by atoms with Gasteiger partial charge in [0.05, 0.1) is 13.2 Å². The molecule has 1 atom stereocenters. The van der Waals surface area contributed by atoms with Crippen LogP contribution < -0.4 is 4.90 Å². The number of nitrogens with zero attached hydrogens (tertiary/aromatic N) is 3. The van der Waals surface area contributed by atoms with E-state index in [1.165, 1.54) is 6.42 Å². The van der Waals surface area contributed by atoms with E-state index < -0.39 is 5.92 Å². The Balaban J connectivity index is 1.25. The van der Waals surface area contributed by atoms with E-state index in [4.69, 9.17) is 16.3 Å². The zero-order valence-electron chi connectivity index (χ0n) is 16.9. The number of ether oxygens (including phenoxy) is 1. The number of carbonyl (C=O) groups excluding carboxylic acids is 2. The van der Waals surface area contributed by atoms with E-state index in [0.717, 1.165) is 64.5 Å². The maximum atomic E-state index is 13.0. The largest absolute Gasteiger partial charge is 0.379 e. The van der Waals surface area contributed by atoms with Gasteiger partial charge in [0.2, 0.25) is 11.8 Å². The Kier molecular flexibility index (Phi) is 6.73. The van der Waals surface area contributed by atoms with Crippen LogP contribution in [0.4, 0.5) is 5.69 Å². The Morgan fingerprint density at radius 3 is 2.38 bits per heavy atom. The Morgan fingerprint density at radius 1 is 1.00 bits per heavy atom. The van der Waals surface area contributed by atoms with Crippen LogP contribution >= 0.6 is 11.6 Å². The first kappa shape index (κ1) is 20.6. The van der Waals surface area contributed by atoms with E-state index in [0.29, 0.717) is 23.9 Å². The zero-order valence-corrected chi connectivity index (χ0v) is 17.6. The highest BCUT2D eigenvalue weighted by Gasteiger charge is 2.40. The topological polar surface area (TPSA) is 53.1 Å².